The first kappa shape index (κ1) is 28.1. The fourth-order valence-electron chi connectivity index (χ4n) is 7.35. The van der Waals surface area contributed by atoms with Crippen molar-refractivity contribution in [3.05, 3.63) is 34.9 Å². The van der Waals surface area contributed by atoms with Crippen molar-refractivity contribution in [2.24, 2.45) is 28.6 Å². The van der Waals surface area contributed by atoms with Gasteiger partial charge < -0.3 is 18.9 Å². The maximum atomic E-state index is 12.7. The van der Waals surface area contributed by atoms with E-state index in [2.05, 4.69) is 13.8 Å². The van der Waals surface area contributed by atoms with E-state index in [9.17, 15) is 19.2 Å². The van der Waals surface area contributed by atoms with Crippen molar-refractivity contribution in [3.63, 3.8) is 0 Å². The summed E-state index contributed by atoms with van der Waals surface area (Å²) in [4.78, 5) is 49.6. The highest BCUT2D eigenvalue weighted by molar-refractivity contribution is 5.83. The largest absolute Gasteiger partial charge is 0.459 e. The molecule has 8 atom stereocenters. The number of esters is 4. The summed E-state index contributed by atoms with van der Waals surface area (Å²) < 4.78 is 29.3. The molecule has 4 aliphatic rings. The van der Waals surface area contributed by atoms with Crippen LogP contribution in [0.3, 0.4) is 0 Å². The Morgan fingerprint density at radius 1 is 0.868 bits per heavy atom. The van der Waals surface area contributed by atoms with Crippen molar-refractivity contribution < 1.29 is 42.9 Å². The maximum Gasteiger partial charge on any atom is 0.331 e. The molecule has 0 amide bonds. The highest BCUT2D eigenvalue weighted by Crippen LogP contribution is 2.75. The van der Waals surface area contributed by atoms with Crippen molar-refractivity contribution in [3.8, 4) is 0 Å². The van der Waals surface area contributed by atoms with E-state index < -0.39 is 60.0 Å². The molecule has 0 aromatic heterocycles. The van der Waals surface area contributed by atoms with Gasteiger partial charge in [0.15, 0.2) is 0 Å². The molecule has 1 aliphatic heterocycles. The standard InChI is InChI=1S/C29H38O9/c1-14(2)9-23(32)36-20-11-18-26(34-16(5)30)38-27(35-17(6)31)25-21(37-24(33)10-15(3)4)12-22-28(7,8)19(20)13-29(18,22)25/h9-11,19-22,25-27H,12-13H2,1-8H3. The van der Waals surface area contributed by atoms with E-state index in [0.717, 1.165) is 11.1 Å². The fraction of sp³-hybridized carbons (Fsp3) is 0.655. The molecule has 0 radical (unpaired) electrons. The van der Waals surface area contributed by atoms with Gasteiger partial charge in [0, 0.05) is 42.9 Å². The number of hydrogen-bond donors (Lipinski definition) is 0. The van der Waals surface area contributed by atoms with Crippen molar-refractivity contribution >= 4 is 23.9 Å². The highest BCUT2D eigenvalue weighted by Gasteiger charge is 2.76. The van der Waals surface area contributed by atoms with Crippen molar-refractivity contribution in [2.45, 2.75) is 93.0 Å². The lowest BCUT2D eigenvalue weighted by atomic mass is 9.62. The lowest BCUT2D eigenvalue weighted by Gasteiger charge is -2.50. The van der Waals surface area contributed by atoms with Gasteiger partial charge in [-0.25, -0.2) is 9.59 Å². The first-order valence-electron chi connectivity index (χ1n) is 13.1. The molecule has 0 aromatic carbocycles. The average Bonchev–Trinajstić information content (AvgIpc) is 3.15. The third kappa shape index (κ3) is 4.81. The van der Waals surface area contributed by atoms with Crippen molar-refractivity contribution in [2.75, 3.05) is 0 Å². The molecule has 1 spiro atoms. The van der Waals surface area contributed by atoms with Crippen LogP contribution < -0.4 is 0 Å². The molecule has 3 aliphatic carbocycles. The van der Waals surface area contributed by atoms with E-state index in [4.69, 9.17) is 23.7 Å². The number of carbonyl (C=O) groups excluding carboxylic acids is 4. The predicted octanol–water partition coefficient (Wildman–Crippen LogP) is 4.16. The lowest BCUT2D eigenvalue weighted by molar-refractivity contribution is -0.281. The minimum atomic E-state index is -1.14. The predicted molar refractivity (Wildman–Crippen MR) is 135 cm³/mol. The first-order chi connectivity index (χ1) is 17.7. The highest BCUT2D eigenvalue weighted by atomic mass is 16.8. The Kier molecular flexibility index (Phi) is 7.38. The van der Waals surface area contributed by atoms with Crippen LogP contribution in [0.2, 0.25) is 0 Å². The molecule has 8 unspecified atom stereocenters. The SMILES string of the molecule is CC(=O)OC1OC(OC(C)=O)C2C(OC(=O)C=C(C)C)CC3C(C)(C)C4CC23C1=CC4OC(=O)C=C(C)C. The Morgan fingerprint density at radius 2 is 1.45 bits per heavy atom. The normalized spacial score (nSPS) is 35.7. The van der Waals surface area contributed by atoms with Gasteiger partial charge in [-0.3, -0.25) is 14.3 Å². The molecule has 0 N–H and O–H groups in total. The van der Waals surface area contributed by atoms with E-state index in [1.54, 1.807) is 0 Å². The summed E-state index contributed by atoms with van der Waals surface area (Å²) in [5.41, 5.74) is 1.29. The van der Waals surface area contributed by atoms with Gasteiger partial charge in [0.1, 0.15) is 12.2 Å². The van der Waals surface area contributed by atoms with Crippen LogP contribution in [0.4, 0.5) is 0 Å². The smallest absolute Gasteiger partial charge is 0.331 e. The zero-order chi connectivity index (χ0) is 28.2. The monoisotopic (exact) mass is 530 g/mol. The Morgan fingerprint density at radius 3 is 2.00 bits per heavy atom. The molecular weight excluding hydrogens is 492 g/mol. The number of ether oxygens (including phenoxy) is 5. The number of allylic oxidation sites excluding steroid dienone is 2. The molecule has 9 nitrogen and oxygen atoms in total. The summed E-state index contributed by atoms with van der Waals surface area (Å²) in [5, 5.41) is 0. The number of carbonyl (C=O) groups is 4. The summed E-state index contributed by atoms with van der Waals surface area (Å²) in [6.07, 6.45) is 2.40. The minimum absolute atomic E-state index is 0.0482. The number of fused-ring (bicyclic) bond motifs is 1. The van der Waals surface area contributed by atoms with Gasteiger partial charge in [0.2, 0.25) is 12.6 Å². The summed E-state index contributed by atoms with van der Waals surface area (Å²) in [6, 6.07) is 0. The Bertz CT molecular complexity index is 1120. The van der Waals surface area contributed by atoms with E-state index in [1.165, 1.54) is 26.0 Å². The fourth-order valence-corrected chi connectivity index (χ4v) is 7.35. The molecule has 2 bridgehead atoms. The van der Waals surface area contributed by atoms with Crippen LogP contribution in [0.25, 0.3) is 0 Å². The molecule has 4 rings (SSSR count). The second kappa shape index (κ2) is 9.98. The van der Waals surface area contributed by atoms with E-state index >= 15 is 0 Å². The third-order valence-corrected chi connectivity index (χ3v) is 8.47. The number of rotatable bonds is 6. The second-order valence-electron chi connectivity index (χ2n) is 12.0. The molecule has 3 fully saturated rings. The summed E-state index contributed by atoms with van der Waals surface area (Å²) >= 11 is 0. The van der Waals surface area contributed by atoms with Gasteiger partial charge in [0.05, 0.1) is 5.92 Å². The Labute approximate surface area is 223 Å². The van der Waals surface area contributed by atoms with Crippen LogP contribution in [0.15, 0.2) is 34.9 Å². The molecule has 38 heavy (non-hydrogen) atoms. The van der Waals surface area contributed by atoms with Gasteiger partial charge >= 0.3 is 23.9 Å². The Balaban J connectivity index is 1.84. The molecule has 1 heterocycles. The minimum Gasteiger partial charge on any atom is -0.459 e. The first-order valence-corrected chi connectivity index (χ1v) is 13.1. The lowest BCUT2D eigenvalue weighted by Crippen LogP contribution is -2.56. The van der Waals surface area contributed by atoms with Crippen LogP contribution >= 0.6 is 0 Å². The summed E-state index contributed by atoms with van der Waals surface area (Å²) in [5.74, 6) is -2.67. The van der Waals surface area contributed by atoms with Crippen molar-refractivity contribution in [1.82, 2.24) is 0 Å². The van der Waals surface area contributed by atoms with E-state index in [1.807, 2.05) is 33.8 Å². The van der Waals surface area contributed by atoms with Crippen LogP contribution in [0.5, 0.6) is 0 Å². The van der Waals surface area contributed by atoms with Gasteiger partial charge in [-0.15, -0.1) is 0 Å². The van der Waals surface area contributed by atoms with Crippen molar-refractivity contribution in [1.29, 1.82) is 0 Å². The third-order valence-electron chi connectivity index (χ3n) is 8.47. The topological polar surface area (TPSA) is 114 Å². The zero-order valence-electron chi connectivity index (χ0n) is 23.4. The molecule has 0 aromatic rings. The van der Waals surface area contributed by atoms with Crippen LogP contribution in [0, 0.1) is 28.6 Å². The van der Waals surface area contributed by atoms with Crippen LogP contribution in [-0.4, -0.2) is 48.7 Å². The maximum absolute atomic E-state index is 12.7. The summed E-state index contributed by atoms with van der Waals surface area (Å²) in [7, 11) is 0. The second-order valence-corrected chi connectivity index (χ2v) is 12.0. The average molecular weight is 531 g/mol. The molecule has 208 valence electrons. The van der Waals surface area contributed by atoms with E-state index in [0.29, 0.717) is 18.4 Å². The van der Waals surface area contributed by atoms with Gasteiger partial charge in [-0.1, -0.05) is 25.0 Å². The zero-order valence-corrected chi connectivity index (χ0v) is 23.4. The van der Waals surface area contributed by atoms with E-state index in [-0.39, 0.29) is 17.3 Å². The molecule has 1 saturated heterocycles. The number of hydrogen-bond acceptors (Lipinski definition) is 9. The molecule has 9 heteroatoms. The molecule has 2 saturated carbocycles. The summed E-state index contributed by atoms with van der Waals surface area (Å²) in [6.45, 7) is 14.1. The van der Waals surface area contributed by atoms with Crippen LogP contribution in [0.1, 0.15) is 68.2 Å². The van der Waals surface area contributed by atoms with Gasteiger partial charge in [-0.05, 0) is 57.9 Å². The van der Waals surface area contributed by atoms with Gasteiger partial charge in [-0.2, -0.15) is 0 Å². The van der Waals surface area contributed by atoms with Gasteiger partial charge in [0.25, 0.3) is 0 Å². The Hall–Kier alpha value is -2.94. The molecular formula is C29H38O9. The van der Waals surface area contributed by atoms with Crippen LogP contribution in [-0.2, 0) is 42.9 Å². The quantitative estimate of drug-likeness (QED) is 0.216.